The van der Waals surface area contributed by atoms with E-state index in [0.717, 1.165) is 11.1 Å². The number of anilines is 1. The van der Waals surface area contributed by atoms with E-state index >= 15 is 0 Å². The van der Waals surface area contributed by atoms with Crippen LogP contribution in [0.4, 0.5) is 5.82 Å². The van der Waals surface area contributed by atoms with Crippen LogP contribution in [-0.2, 0) is 0 Å². The molecule has 0 bridgehead atoms. The van der Waals surface area contributed by atoms with Gasteiger partial charge in [0.15, 0.2) is 0 Å². The van der Waals surface area contributed by atoms with Crippen LogP contribution in [-0.4, -0.2) is 9.97 Å². The number of nitrogens with zero attached hydrogens (tertiary/aromatic N) is 2. The molecule has 0 aliphatic carbocycles. The fraction of sp³-hybridized carbons (Fsp3) is 0.167. The molecule has 2 aromatic heterocycles. The summed E-state index contributed by atoms with van der Waals surface area (Å²) in [6, 6.07) is 2.92. The van der Waals surface area contributed by atoms with E-state index in [1.807, 2.05) is 13.0 Å². The molecule has 2 heterocycles. The number of nitrogens with two attached hydrogens (primary N) is 2. The van der Waals surface area contributed by atoms with Crippen molar-refractivity contribution in [2.24, 2.45) is 5.73 Å². The van der Waals surface area contributed by atoms with Crippen LogP contribution in [0.1, 0.15) is 22.9 Å². The first kappa shape index (κ1) is 13.1. The van der Waals surface area contributed by atoms with Gasteiger partial charge >= 0.3 is 0 Å². The molecular formula is C12H12Cl2N4. The molecule has 0 fully saturated rings. The second-order valence-electron chi connectivity index (χ2n) is 3.93. The molecule has 0 aliphatic heterocycles. The third kappa shape index (κ3) is 2.41. The van der Waals surface area contributed by atoms with Crippen molar-refractivity contribution in [2.75, 3.05) is 5.73 Å². The Balaban J connectivity index is 2.51. The fourth-order valence-electron chi connectivity index (χ4n) is 1.79. The molecule has 18 heavy (non-hydrogen) atoms. The Morgan fingerprint density at radius 1 is 1.28 bits per heavy atom. The standard InChI is InChI=1S/C12H12Cl2N4/c1-6-2-3-17-12(16)9(6)10(15)11-8(14)4-7(13)5-18-11/h2-5,10H,15H2,1H3,(H2,16,17). The van der Waals surface area contributed by atoms with Gasteiger partial charge in [-0.05, 0) is 24.6 Å². The van der Waals surface area contributed by atoms with Gasteiger partial charge < -0.3 is 11.5 Å². The third-order valence-electron chi connectivity index (χ3n) is 2.68. The van der Waals surface area contributed by atoms with Crippen molar-refractivity contribution in [3.8, 4) is 0 Å². The zero-order valence-electron chi connectivity index (χ0n) is 9.69. The van der Waals surface area contributed by atoms with E-state index in [-0.39, 0.29) is 0 Å². The molecule has 4 N–H and O–H groups in total. The summed E-state index contributed by atoms with van der Waals surface area (Å²) >= 11 is 11.9. The Morgan fingerprint density at radius 3 is 2.61 bits per heavy atom. The Labute approximate surface area is 115 Å². The van der Waals surface area contributed by atoms with Crippen LogP contribution in [0, 0.1) is 6.92 Å². The van der Waals surface area contributed by atoms with Crippen molar-refractivity contribution in [3.63, 3.8) is 0 Å². The van der Waals surface area contributed by atoms with Gasteiger partial charge in [-0.2, -0.15) is 0 Å². The fourth-order valence-corrected chi connectivity index (χ4v) is 2.28. The summed E-state index contributed by atoms with van der Waals surface area (Å²) in [5, 5.41) is 0.879. The van der Waals surface area contributed by atoms with E-state index in [1.165, 1.54) is 6.20 Å². The number of nitrogen functional groups attached to an aromatic ring is 1. The van der Waals surface area contributed by atoms with E-state index in [1.54, 1.807) is 12.3 Å². The molecule has 94 valence electrons. The Hall–Kier alpha value is -1.36. The minimum absolute atomic E-state index is 0.385. The highest BCUT2D eigenvalue weighted by molar-refractivity contribution is 6.34. The van der Waals surface area contributed by atoms with Crippen LogP contribution in [0.2, 0.25) is 10.0 Å². The smallest absolute Gasteiger partial charge is 0.128 e. The molecular weight excluding hydrogens is 271 g/mol. The van der Waals surface area contributed by atoms with E-state index in [0.29, 0.717) is 21.6 Å². The molecule has 2 aromatic rings. The summed E-state index contributed by atoms with van der Waals surface area (Å²) in [5.41, 5.74) is 14.2. The van der Waals surface area contributed by atoms with E-state index < -0.39 is 6.04 Å². The SMILES string of the molecule is Cc1ccnc(N)c1C(N)c1ncc(Cl)cc1Cl. The van der Waals surface area contributed by atoms with Crippen molar-refractivity contribution >= 4 is 29.0 Å². The van der Waals surface area contributed by atoms with Crippen LogP contribution in [0.3, 0.4) is 0 Å². The monoisotopic (exact) mass is 282 g/mol. The number of rotatable bonds is 2. The summed E-state index contributed by atoms with van der Waals surface area (Å²) in [5.74, 6) is 0.385. The Morgan fingerprint density at radius 2 is 2.00 bits per heavy atom. The minimum atomic E-state index is -0.525. The van der Waals surface area contributed by atoms with Gasteiger partial charge in [-0.15, -0.1) is 0 Å². The maximum absolute atomic E-state index is 6.16. The lowest BCUT2D eigenvalue weighted by atomic mass is 10.00. The zero-order valence-corrected chi connectivity index (χ0v) is 11.2. The van der Waals surface area contributed by atoms with Gasteiger partial charge in [0.1, 0.15) is 5.82 Å². The molecule has 1 atom stereocenters. The summed E-state index contributed by atoms with van der Waals surface area (Å²) in [4.78, 5) is 8.20. The quantitative estimate of drug-likeness (QED) is 0.888. The number of hydrogen-bond donors (Lipinski definition) is 2. The molecule has 4 nitrogen and oxygen atoms in total. The van der Waals surface area contributed by atoms with Crippen LogP contribution >= 0.6 is 23.2 Å². The van der Waals surface area contributed by atoms with Crippen LogP contribution in [0.25, 0.3) is 0 Å². The molecule has 0 saturated carbocycles. The summed E-state index contributed by atoms with van der Waals surface area (Å²) in [7, 11) is 0. The lowest BCUT2D eigenvalue weighted by Gasteiger charge is -2.17. The summed E-state index contributed by atoms with van der Waals surface area (Å²) in [6.07, 6.45) is 3.14. The molecule has 0 aliphatic rings. The van der Waals surface area contributed by atoms with Gasteiger partial charge in [-0.3, -0.25) is 4.98 Å². The second kappa shape index (κ2) is 5.10. The lowest BCUT2D eigenvalue weighted by molar-refractivity contribution is 0.819. The zero-order chi connectivity index (χ0) is 13.3. The number of aromatic nitrogens is 2. The Bertz CT molecular complexity index is 566. The molecule has 0 spiro atoms. The number of hydrogen-bond acceptors (Lipinski definition) is 4. The van der Waals surface area contributed by atoms with E-state index in [9.17, 15) is 0 Å². The average molecular weight is 283 g/mol. The number of aryl methyl sites for hydroxylation is 1. The summed E-state index contributed by atoms with van der Waals surface area (Å²) < 4.78 is 0. The van der Waals surface area contributed by atoms with Crippen molar-refractivity contribution in [1.82, 2.24) is 9.97 Å². The molecule has 0 saturated heterocycles. The highest BCUT2D eigenvalue weighted by Crippen LogP contribution is 2.30. The van der Waals surface area contributed by atoms with Gasteiger partial charge in [0.05, 0.1) is 21.8 Å². The molecule has 0 aromatic carbocycles. The average Bonchev–Trinajstić information content (AvgIpc) is 2.28. The Kier molecular flexibility index (Phi) is 3.71. The molecule has 1 unspecified atom stereocenters. The first-order valence-electron chi connectivity index (χ1n) is 5.28. The lowest BCUT2D eigenvalue weighted by Crippen LogP contribution is -2.18. The van der Waals surface area contributed by atoms with Crippen LogP contribution in [0.15, 0.2) is 24.5 Å². The number of halogens is 2. The topological polar surface area (TPSA) is 77.8 Å². The highest BCUT2D eigenvalue weighted by atomic mass is 35.5. The first-order chi connectivity index (χ1) is 8.50. The predicted octanol–water partition coefficient (Wildman–Crippen LogP) is 2.72. The maximum atomic E-state index is 6.16. The van der Waals surface area contributed by atoms with Crippen LogP contribution in [0.5, 0.6) is 0 Å². The third-order valence-corrected chi connectivity index (χ3v) is 3.19. The molecule has 0 radical (unpaired) electrons. The first-order valence-corrected chi connectivity index (χ1v) is 6.03. The van der Waals surface area contributed by atoms with E-state index in [2.05, 4.69) is 9.97 Å². The maximum Gasteiger partial charge on any atom is 0.128 e. The second-order valence-corrected chi connectivity index (χ2v) is 4.77. The van der Waals surface area contributed by atoms with Gasteiger partial charge in [0.25, 0.3) is 0 Å². The molecule has 6 heteroatoms. The van der Waals surface area contributed by atoms with Gasteiger partial charge in [-0.25, -0.2) is 4.98 Å². The van der Waals surface area contributed by atoms with Crippen LogP contribution < -0.4 is 11.5 Å². The van der Waals surface area contributed by atoms with Crippen molar-refractivity contribution in [1.29, 1.82) is 0 Å². The summed E-state index contributed by atoms with van der Waals surface area (Å²) in [6.45, 7) is 1.91. The van der Waals surface area contributed by atoms with Crippen molar-refractivity contribution < 1.29 is 0 Å². The molecule has 2 rings (SSSR count). The minimum Gasteiger partial charge on any atom is -0.383 e. The van der Waals surface area contributed by atoms with Gasteiger partial charge in [-0.1, -0.05) is 23.2 Å². The van der Waals surface area contributed by atoms with Gasteiger partial charge in [0, 0.05) is 18.0 Å². The largest absolute Gasteiger partial charge is 0.383 e. The normalized spacial score (nSPS) is 12.4. The van der Waals surface area contributed by atoms with Gasteiger partial charge in [0.2, 0.25) is 0 Å². The van der Waals surface area contributed by atoms with Crippen molar-refractivity contribution in [2.45, 2.75) is 13.0 Å². The predicted molar refractivity (Wildman–Crippen MR) is 73.7 cm³/mol. The highest BCUT2D eigenvalue weighted by Gasteiger charge is 2.19. The van der Waals surface area contributed by atoms with E-state index in [4.69, 9.17) is 34.7 Å². The van der Waals surface area contributed by atoms with Crippen molar-refractivity contribution in [3.05, 3.63) is 51.4 Å². The molecule has 0 amide bonds. The number of pyridine rings is 2.